The van der Waals surface area contributed by atoms with E-state index in [4.69, 9.17) is 4.74 Å². The number of hydrogen-bond donors (Lipinski definition) is 1. The van der Waals surface area contributed by atoms with E-state index < -0.39 is 0 Å². The number of rotatable bonds is 4. The van der Waals surface area contributed by atoms with Crippen LogP contribution in [0, 0.1) is 0 Å². The Morgan fingerprint density at radius 1 is 1.12 bits per heavy atom. The van der Waals surface area contributed by atoms with Crippen LogP contribution in [-0.4, -0.2) is 42.0 Å². The standard InChI is InChI=1S/C17H17N7O2/c1-22-10-18-7-14(22)17(25)21-13-6-20-24-9-11(4-15(26-3)16(13)24)12-5-19-23(2)8-12/h4-10H,1-3H3,(H,21,25). The van der Waals surface area contributed by atoms with E-state index in [1.807, 2.05) is 25.5 Å². The maximum Gasteiger partial charge on any atom is 0.274 e. The zero-order valence-electron chi connectivity index (χ0n) is 14.5. The second-order valence-corrected chi connectivity index (χ2v) is 5.90. The van der Waals surface area contributed by atoms with Crippen LogP contribution in [0.15, 0.2) is 43.4 Å². The smallest absolute Gasteiger partial charge is 0.274 e. The van der Waals surface area contributed by atoms with Crippen LogP contribution in [0.5, 0.6) is 5.75 Å². The SMILES string of the molecule is COc1cc(-c2cnn(C)c2)cn2ncc(NC(=O)c3cncn3C)c12. The van der Waals surface area contributed by atoms with E-state index >= 15 is 0 Å². The molecule has 4 aromatic rings. The normalized spacial score (nSPS) is 11.0. The highest BCUT2D eigenvalue weighted by Crippen LogP contribution is 2.32. The zero-order chi connectivity index (χ0) is 18.3. The minimum atomic E-state index is -0.265. The Morgan fingerprint density at radius 3 is 2.62 bits per heavy atom. The minimum Gasteiger partial charge on any atom is -0.494 e. The number of carbonyl (C=O) groups excluding carboxylic acids is 1. The van der Waals surface area contributed by atoms with Crippen molar-refractivity contribution < 1.29 is 9.53 Å². The van der Waals surface area contributed by atoms with Crippen molar-refractivity contribution in [2.45, 2.75) is 0 Å². The molecule has 0 aliphatic carbocycles. The first-order valence-corrected chi connectivity index (χ1v) is 7.89. The first-order chi connectivity index (χ1) is 12.6. The average Bonchev–Trinajstić information content (AvgIpc) is 3.34. The van der Waals surface area contributed by atoms with Gasteiger partial charge in [-0.2, -0.15) is 10.2 Å². The summed E-state index contributed by atoms with van der Waals surface area (Å²) >= 11 is 0. The third-order valence-corrected chi connectivity index (χ3v) is 4.13. The van der Waals surface area contributed by atoms with Crippen LogP contribution in [-0.2, 0) is 14.1 Å². The largest absolute Gasteiger partial charge is 0.494 e. The molecule has 0 aliphatic rings. The van der Waals surface area contributed by atoms with Crippen LogP contribution >= 0.6 is 0 Å². The van der Waals surface area contributed by atoms with Crippen LogP contribution < -0.4 is 10.1 Å². The summed E-state index contributed by atoms with van der Waals surface area (Å²) in [7, 11) is 5.21. The van der Waals surface area contributed by atoms with Crippen molar-refractivity contribution in [3.63, 3.8) is 0 Å². The van der Waals surface area contributed by atoms with Gasteiger partial charge in [0.15, 0.2) is 0 Å². The molecule has 0 aromatic carbocycles. The molecule has 1 N–H and O–H groups in total. The van der Waals surface area contributed by atoms with Gasteiger partial charge in [-0.05, 0) is 6.07 Å². The second kappa shape index (κ2) is 6.03. The van der Waals surface area contributed by atoms with Gasteiger partial charge in [-0.25, -0.2) is 9.50 Å². The van der Waals surface area contributed by atoms with Crippen molar-refractivity contribution in [2.24, 2.45) is 14.1 Å². The summed E-state index contributed by atoms with van der Waals surface area (Å²) < 4.78 is 10.6. The summed E-state index contributed by atoms with van der Waals surface area (Å²) in [6.07, 6.45) is 10.2. The fraction of sp³-hybridized carbons (Fsp3) is 0.176. The molecule has 0 unspecified atom stereocenters. The van der Waals surface area contributed by atoms with Gasteiger partial charge >= 0.3 is 0 Å². The molecule has 1 amide bonds. The fourth-order valence-electron chi connectivity index (χ4n) is 2.82. The number of hydrogen-bond acceptors (Lipinski definition) is 5. The summed E-state index contributed by atoms with van der Waals surface area (Å²) in [6.45, 7) is 0. The van der Waals surface area contributed by atoms with E-state index in [1.165, 1.54) is 6.20 Å². The lowest BCUT2D eigenvalue weighted by atomic mass is 10.1. The van der Waals surface area contributed by atoms with Crippen LogP contribution in [0.2, 0.25) is 0 Å². The average molecular weight is 351 g/mol. The number of aromatic nitrogens is 6. The highest BCUT2D eigenvalue weighted by molar-refractivity contribution is 6.05. The van der Waals surface area contributed by atoms with Crippen LogP contribution in [0.1, 0.15) is 10.5 Å². The van der Waals surface area contributed by atoms with E-state index in [2.05, 4.69) is 20.5 Å². The lowest BCUT2D eigenvalue weighted by Gasteiger charge is -2.09. The first kappa shape index (κ1) is 15.9. The Morgan fingerprint density at radius 2 is 1.96 bits per heavy atom. The first-order valence-electron chi connectivity index (χ1n) is 7.89. The van der Waals surface area contributed by atoms with Gasteiger partial charge in [0.05, 0.1) is 37.7 Å². The van der Waals surface area contributed by atoms with Gasteiger partial charge in [-0.1, -0.05) is 0 Å². The number of ether oxygens (including phenoxy) is 1. The number of nitrogens with zero attached hydrogens (tertiary/aromatic N) is 6. The number of imidazole rings is 1. The zero-order valence-corrected chi connectivity index (χ0v) is 14.5. The van der Waals surface area contributed by atoms with Crippen LogP contribution in [0.25, 0.3) is 16.6 Å². The highest BCUT2D eigenvalue weighted by Gasteiger charge is 2.17. The van der Waals surface area contributed by atoms with E-state index in [0.717, 1.165) is 11.1 Å². The molecule has 0 fully saturated rings. The molecule has 26 heavy (non-hydrogen) atoms. The molecule has 9 heteroatoms. The van der Waals surface area contributed by atoms with Crippen molar-refractivity contribution in [1.82, 2.24) is 28.9 Å². The van der Waals surface area contributed by atoms with Gasteiger partial charge in [0.2, 0.25) is 0 Å². The third-order valence-electron chi connectivity index (χ3n) is 4.13. The topological polar surface area (TPSA) is 91.3 Å². The number of fused-ring (bicyclic) bond motifs is 1. The number of anilines is 1. The van der Waals surface area contributed by atoms with Gasteiger partial charge in [0, 0.05) is 37.6 Å². The lowest BCUT2D eigenvalue weighted by Crippen LogP contribution is -2.15. The van der Waals surface area contributed by atoms with E-state index in [-0.39, 0.29) is 5.91 Å². The molecular formula is C17H17N7O2. The number of carbonyl (C=O) groups is 1. The number of pyridine rings is 1. The van der Waals surface area contributed by atoms with Crippen molar-refractivity contribution in [3.8, 4) is 16.9 Å². The third kappa shape index (κ3) is 2.59. The Balaban J connectivity index is 1.75. The number of methoxy groups -OCH3 is 1. The monoisotopic (exact) mass is 351 g/mol. The summed E-state index contributed by atoms with van der Waals surface area (Å²) in [5.41, 5.74) is 3.55. The van der Waals surface area contributed by atoms with Crippen molar-refractivity contribution in [2.75, 3.05) is 12.4 Å². The summed E-state index contributed by atoms with van der Waals surface area (Å²) in [6, 6.07) is 1.90. The molecule has 132 valence electrons. The van der Waals surface area contributed by atoms with Crippen molar-refractivity contribution in [1.29, 1.82) is 0 Å². The molecule has 0 bridgehead atoms. The molecular weight excluding hydrogens is 334 g/mol. The number of aryl methyl sites for hydroxylation is 2. The van der Waals surface area contributed by atoms with Gasteiger partial charge in [0.1, 0.15) is 17.0 Å². The van der Waals surface area contributed by atoms with Gasteiger partial charge in [-0.3, -0.25) is 9.48 Å². The highest BCUT2D eigenvalue weighted by atomic mass is 16.5. The Kier molecular flexibility index (Phi) is 3.68. The van der Waals surface area contributed by atoms with Crippen LogP contribution in [0.4, 0.5) is 5.69 Å². The molecule has 0 atom stereocenters. The second-order valence-electron chi connectivity index (χ2n) is 5.90. The molecule has 0 saturated heterocycles. The Labute approximate surface area is 148 Å². The molecule has 0 saturated carbocycles. The molecule has 0 radical (unpaired) electrons. The minimum absolute atomic E-state index is 0.265. The predicted octanol–water partition coefficient (Wildman–Crippen LogP) is 1.73. The van der Waals surface area contributed by atoms with E-state index in [1.54, 1.807) is 46.6 Å². The van der Waals surface area contributed by atoms with Crippen LogP contribution in [0.3, 0.4) is 0 Å². The summed E-state index contributed by atoms with van der Waals surface area (Å²) in [4.78, 5) is 16.4. The molecule has 0 aliphatic heterocycles. The van der Waals surface area contributed by atoms with Gasteiger partial charge in [-0.15, -0.1) is 0 Å². The molecule has 9 nitrogen and oxygen atoms in total. The summed E-state index contributed by atoms with van der Waals surface area (Å²) in [5.74, 6) is 0.336. The number of amides is 1. The van der Waals surface area contributed by atoms with Crippen molar-refractivity contribution >= 4 is 17.1 Å². The molecule has 4 heterocycles. The molecule has 4 rings (SSSR count). The quantitative estimate of drug-likeness (QED) is 0.605. The summed E-state index contributed by atoms with van der Waals surface area (Å²) in [5, 5.41) is 11.4. The van der Waals surface area contributed by atoms with Crippen molar-refractivity contribution in [3.05, 3.63) is 49.1 Å². The fourth-order valence-corrected chi connectivity index (χ4v) is 2.82. The van der Waals surface area contributed by atoms with E-state index in [9.17, 15) is 4.79 Å². The van der Waals surface area contributed by atoms with E-state index in [0.29, 0.717) is 22.6 Å². The molecule has 4 aromatic heterocycles. The molecule has 0 spiro atoms. The maximum absolute atomic E-state index is 12.5. The Bertz CT molecular complexity index is 1110. The predicted molar refractivity (Wildman–Crippen MR) is 95.1 cm³/mol. The van der Waals surface area contributed by atoms with Gasteiger partial charge < -0.3 is 14.6 Å². The lowest BCUT2D eigenvalue weighted by molar-refractivity contribution is 0.101. The Hall–Kier alpha value is -3.62. The maximum atomic E-state index is 12.5. The van der Waals surface area contributed by atoms with Gasteiger partial charge in [0.25, 0.3) is 5.91 Å². The number of nitrogens with one attached hydrogen (secondary N) is 1.